The number of H-pyrrole nitrogens is 1. The lowest BCUT2D eigenvalue weighted by atomic mass is 10.00. The molecule has 1 aromatic heterocycles. The van der Waals surface area contributed by atoms with Gasteiger partial charge in [-0.05, 0) is 23.6 Å². The summed E-state index contributed by atoms with van der Waals surface area (Å²) in [6.45, 7) is 4.30. The maximum absolute atomic E-state index is 5.98. The van der Waals surface area contributed by atoms with Gasteiger partial charge >= 0.3 is 0 Å². The van der Waals surface area contributed by atoms with Crippen LogP contribution in [0.4, 0.5) is 0 Å². The van der Waals surface area contributed by atoms with Gasteiger partial charge in [0, 0.05) is 10.4 Å². The van der Waals surface area contributed by atoms with Gasteiger partial charge in [-0.1, -0.05) is 25.4 Å². The maximum Gasteiger partial charge on any atom is 0.0668 e. The van der Waals surface area contributed by atoms with E-state index in [9.17, 15) is 0 Å². The molecule has 1 heterocycles. The highest BCUT2D eigenvalue weighted by Gasteiger charge is 2.07. The number of nitrogens with one attached hydrogen (secondary N) is 1. The molecule has 0 aliphatic carbocycles. The number of aromatic nitrogens is 2. The van der Waals surface area contributed by atoms with Crippen molar-refractivity contribution in [1.29, 1.82) is 0 Å². The summed E-state index contributed by atoms with van der Waals surface area (Å²) in [7, 11) is 0. The molecule has 2 nitrogen and oxygen atoms in total. The fourth-order valence-corrected chi connectivity index (χ4v) is 1.75. The van der Waals surface area contributed by atoms with Crippen molar-refractivity contribution in [2.45, 2.75) is 19.8 Å². The number of halogens is 1. The fraction of sp³-hybridized carbons (Fsp3) is 0.300. The van der Waals surface area contributed by atoms with E-state index in [1.54, 1.807) is 0 Å². The highest BCUT2D eigenvalue weighted by atomic mass is 35.5. The van der Waals surface area contributed by atoms with E-state index in [0.717, 1.165) is 10.5 Å². The summed E-state index contributed by atoms with van der Waals surface area (Å²) >= 11 is 5.98. The van der Waals surface area contributed by atoms with E-state index >= 15 is 0 Å². The van der Waals surface area contributed by atoms with E-state index in [1.807, 2.05) is 18.3 Å². The highest BCUT2D eigenvalue weighted by Crippen LogP contribution is 2.27. The lowest BCUT2D eigenvalue weighted by Crippen LogP contribution is -1.87. The summed E-state index contributed by atoms with van der Waals surface area (Å²) in [6, 6.07) is 3.90. The predicted octanol–water partition coefficient (Wildman–Crippen LogP) is 3.34. The summed E-state index contributed by atoms with van der Waals surface area (Å²) in [4.78, 5) is 0. The van der Waals surface area contributed by atoms with Crippen molar-refractivity contribution in [2.75, 3.05) is 0 Å². The van der Waals surface area contributed by atoms with Gasteiger partial charge in [-0.15, -0.1) is 0 Å². The number of hydrogen-bond donors (Lipinski definition) is 1. The van der Waals surface area contributed by atoms with E-state index in [4.69, 9.17) is 11.6 Å². The first-order chi connectivity index (χ1) is 6.18. The second-order valence-electron chi connectivity index (χ2n) is 3.48. The van der Waals surface area contributed by atoms with Crippen molar-refractivity contribution < 1.29 is 0 Å². The summed E-state index contributed by atoms with van der Waals surface area (Å²) in [5, 5.41) is 8.85. The van der Waals surface area contributed by atoms with Crippen molar-refractivity contribution in [3.8, 4) is 0 Å². The molecular weight excluding hydrogens is 184 g/mol. The highest BCUT2D eigenvalue weighted by molar-refractivity contribution is 6.31. The van der Waals surface area contributed by atoms with E-state index in [2.05, 4.69) is 24.0 Å². The van der Waals surface area contributed by atoms with Gasteiger partial charge in [-0.2, -0.15) is 5.10 Å². The number of rotatable bonds is 1. The Kier molecular flexibility index (Phi) is 2.00. The Morgan fingerprint density at radius 3 is 2.85 bits per heavy atom. The van der Waals surface area contributed by atoms with Crippen molar-refractivity contribution in [1.82, 2.24) is 10.2 Å². The van der Waals surface area contributed by atoms with Gasteiger partial charge in [0.25, 0.3) is 0 Å². The average Bonchev–Trinajstić information content (AvgIpc) is 2.49. The quantitative estimate of drug-likeness (QED) is 0.741. The maximum atomic E-state index is 5.98. The molecule has 3 heteroatoms. The molecule has 0 aliphatic rings. The van der Waals surface area contributed by atoms with Gasteiger partial charge in [0.1, 0.15) is 0 Å². The number of hydrogen-bond acceptors (Lipinski definition) is 1. The van der Waals surface area contributed by atoms with Gasteiger partial charge in [0.2, 0.25) is 0 Å². The van der Waals surface area contributed by atoms with Crippen molar-refractivity contribution in [2.24, 2.45) is 0 Å². The molecule has 0 unspecified atom stereocenters. The second-order valence-corrected chi connectivity index (χ2v) is 3.92. The minimum atomic E-state index is 0.471. The molecule has 0 spiro atoms. The predicted molar refractivity (Wildman–Crippen MR) is 55.2 cm³/mol. The summed E-state index contributed by atoms with van der Waals surface area (Å²) in [5.74, 6) is 0.471. The Labute approximate surface area is 81.9 Å². The molecule has 13 heavy (non-hydrogen) atoms. The largest absolute Gasteiger partial charge is 0.278 e. The number of fused-ring (bicyclic) bond motifs is 1. The lowest BCUT2D eigenvalue weighted by molar-refractivity contribution is 0.876. The topological polar surface area (TPSA) is 28.7 Å². The number of benzene rings is 1. The Morgan fingerprint density at radius 1 is 1.38 bits per heavy atom. The standard InChI is InChI=1S/C10H11ClN2/c1-6(2)8-3-7(11)4-10-9(8)5-12-13-10/h3-6H,1-2H3,(H,12,13). The van der Waals surface area contributed by atoms with E-state index in [0.29, 0.717) is 5.92 Å². The first kappa shape index (κ1) is 8.57. The van der Waals surface area contributed by atoms with Crippen LogP contribution in [0.3, 0.4) is 0 Å². The molecule has 0 aliphatic heterocycles. The lowest BCUT2D eigenvalue weighted by Gasteiger charge is -2.06. The molecular formula is C10H11ClN2. The third kappa shape index (κ3) is 1.42. The minimum Gasteiger partial charge on any atom is -0.278 e. The van der Waals surface area contributed by atoms with Crippen LogP contribution in [0.2, 0.25) is 5.02 Å². The SMILES string of the molecule is CC(C)c1cc(Cl)cc2[nH]ncc12. The van der Waals surface area contributed by atoms with Crippen LogP contribution in [0.1, 0.15) is 25.3 Å². The van der Waals surface area contributed by atoms with E-state index < -0.39 is 0 Å². The normalized spacial score (nSPS) is 11.4. The van der Waals surface area contributed by atoms with Gasteiger partial charge in [0.05, 0.1) is 11.7 Å². The Hall–Kier alpha value is -1.02. The second kappa shape index (κ2) is 3.04. The van der Waals surface area contributed by atoms with Crippen LogP contribution in [0, 0.1) is 0 Å². The smallest absolute Gasteiger partial charge is 0.0668 e. The molecule has 0 fully saturated rings. The Bertz CT molecular complexity index is 431. The first-order valence-corrected chi connectivity index (χ1v) is 4.69. The van der Waals surface area contributed by atoms with Crippen LogP contribution >= 0.6 is 11.6 Å². The summed E-state index contributed by atoms with van der Waals surface area (Å²) in [5.41, 5.74) is 2.26. The fourth-order valence-electron chi connectivity index (χ4n) is 1.52. The van der Waals surface area contributed by atoms with Crippen LogP contribution in [0.5, 0.6) is 0 Å². The number of aromatic amines is 1. The zero-order valence-electron chi connectivity index (χ0n) is 7.63. The monoisotopic (exact) mass is 194 g/mol. The molecule has 0 saturated heterocycles. The van der Waals surface area contributed by atoms with Crippen LogP contribution in [0.15, 0.2) is 18.3 Å². The first-order valence-electron chi connectivity index (χ1n) is 4.31. The molecule has 0 saturated carbocycles. The molecule has 0 atom stereocenters. The minimum absolute atomic E-state index is 0.471. The van der Waals surface area contributed by atoms with Gasteiger partial charge in [-0.3, -0.25) is 5.10 Å². The van der Waals surface area contributed by atoms with E-state index in [1.165, 1.54) is 10.9 Å². The molecule has 1 N–H and O–H groups in total. The van der Waals surface area contributed by atoms with Crippen molar-refractivity contribution in [3.05, 3.63) is 28.9 Å². The average molecular weight is 195 g/mol. The third-order valence-corrected chi connectivity index (χ3v) is 2.40. The van der Waals surface area contributed by atoms with Crippen LogP contribution < -0.4 is 0 Å². The Morgan fingerprint density at radius 2 is 2.15 bits per heavy atom. The van der Waals surface area contributed by atoms with Crippen LogP contribution in [-0.4, -0.2) is 10.2 Å². The van der Waals surface area contributed by atoms with Gasteiger partial charge < -0.3 is 0 Å². The van der Waals surface area contributed by atoms with Crippen molar-refractivity contribution in [3.63, 3.8) is 0 Å². The van der Waals surface area contributed by atoms with Crippen LogP contribution in [-0.2, 0) is 0 Å². The third-order valence-electron chi connectivity index (χ3n) is 2.18. The molecule has 2 aromatic rings. The zero-order chi connectivity index (χ0) is 9.42. The Balaban J connectivity index is 2.77. The molecule has 0 amide bonds. The zero-order valence-corrected chi connectivity index (χ0v) is 8.39. The molecule has 2 rings (SSSR count). The van der Waals surface area contributed by atoms with E-state index in [-0.39, 0.29) is 0 Å². The molecule has 1 aromatic carbocycles. The van der Waals surface area contributed by atoms with Gasteiger partial charge in [0.15, 0.2) is 0 Å². The van der Waals surface area contributed by atoms with Gasteiger partial charge in [-0.25, -0.2) is 0 Å². The summed E-state index contributed by atoms with van der Waals surface area (Å²) in [6.07, 6.45) is 1.85. The molecule has 0 radical (unpaired) electrons. The van der Waals surface area contributed by atoms with Crippen LogP contribution in [0.25, 0.3) is 10.9 Å². The van der Waals surface area contributed by atoms with Crippen molar-refractivity contribution >= 4 is 22.5 Å². The number of nitrogens with zero attached hydrogens (tertiary/aromatic N) is 1. The summed E-state index contributed by atoms with van der Waals surface area (Å²) < 4.78 is 0. The molecule has 68 valence electrons. The molecule has 0 bridgehead atoms.